The number of hydrogen-bond donors (Lipinski definition) is 3. The van der Waals surface area contributed by atoms with Crippen LogP contribution >= 0.6 is 7.94 Å². The van der Waals surface area contributed by atoms with Crippen molar-refractivity contribution >= 4 is 34.8 Å². The molecule has 0 fully saturated rings. The number of benzene rings is 5. The summed E-state index contributed by atoms with van der Waals surface area (Å²) >= 11 is 0. The molecule has 0 atom stereocenters. The van der Waals surface area contributed by atoms with Crippen LogP contribution in [0.3, 0.4) is 0 Å². The molecule has 5 aromatic carbocycles. The second-order valence-electron chi connectivity index (χ2n) is 17.6. The predicted molar refractivity (Wildman–Crippen MR) is 205 cm³/mol. The van der Waals surface area contributed by atoms with Crippen LogP contribution in [-0.4, -0.2) is 14.7 Å². The third-order valence-corrected chi connectivity index (χ3v) is 10.7. The summed E-state index contributed by atoms with van der Waals surface area (Å²) in [6.45, 7) is 28.5. The summed E-state index contributed by atoms with van der Waals surface area (Å²) < 4.78 is 0. The van der Waals surface area contributed by atoms with Crippen LogP contribution in [0.1, 0.15) is 111 Å². The van der Waals surface area contributed by atoms with Crippen molar-refractivity contribution in [2.45, 2.75) is 112 Å². The minimum Gasteiger partial charge on any atom is -0.189 e. The minimum absolute atomic E-state index is 0.00741. The Kier molecular flexibility index (Phi) is 8.64. The van der Waals surface area contributed by atoms with E-state index in [0.717, 1.165) is 44.0 Å². The van der Waals surface area contributed by atoms with Crippen molar-refractivity contribution < 1.29 is 14.7 Å². The molecule has 0 aliphatic carbocycles. The lowest BCUT2D eigenvalue weighted by Crippen LogP contribution is -2.21. The van der Waals surface area contributed by atoms with E-state index in [-0.39, 0.29) is 27.0 Å². The van der Waals surface area contributed by atoms with Gasteiger partial charge in [0.1, 0.15) is 0 Å². The molecule has 0 saturated carbocycles. The molecule has 0 aromatic heterocycles. The van der Waals surface area contributed by atoms with Crippen LogP contribution in [0.5, 0.6) is 0 Å². The third kappa shape index (κ3) is 6.92. The molecular weight excluding hydrogens is 595 g/mol. The summed E-state index contributed by atoms with van der Waals surface area (Å²) in [7, 11) is -4.45. The summed E-state index contributed by atoms with van der Waals surface area (Å²) in [4.78, 5) is 33.4. The van der Waals surface area contributed by atoms with Crippen LogP contribution in [-0.2, 0) is 21.7 Å². The monoisotopic (exact) mass is 649 g/mol. The maximum Gasteiger partial charge on any atom is 0.441 e. The van der Waals surface area contributed by atoms with Crippen LogP contribution in [0.4, 0.5) is 0 Å². The fraction of sp³-hybridized carbons (Fsp3) is 0.395. The summed E-state index contributed by atoms with van der Waals surface area (Å²) in [6, 6.07) is 26.4. The van der Waals surface area contributed by atoms with E-state index in [1.807, 2.05) is 13.0 Å². The molecular formula is C43H54O3P+. The summed E-state index contributed by atoms with van der Waals surface area (Å²) in [5.41, 5.74) is 8.51. The second kappa shape index (κ2) is 11.5. The summed E-state index contributed by atoms with van der Waals surface area (Å²) in [5.74, 6) is 0. The predicted octanol–water partition coefficient (Wildman–Crippen LogP) is 11.2. The van der Waals surface area contributed by atoms with E-state index in [9.17, 15) is 14.7 Å². The molecule has 0 heterocycles. The van der Waals surface area contributed by atoms with Crippen molar-refractivity contribution in [2.24, 2.45) is 0 Å². The third-order valence-electron chi connectivity index (χ3n) is 9.54. The summed E-state index contributed by atoms with van der Waals surface area (Å²) in [6.07, 6.45) is 0. The van der Waals surface area contributed by atoms with Gasteiger partial charge in [0.25, 0.3) is 0 Å². The Morgan fingerprint density at radius 1 is 0.426 bits per heavy atom. The van der Waals surface area contributed by atoms with Crippen LogP contribution < -0.4 is 5.30 Å². The van der Waals surface area contributed by atoms with Crippen LogP contribution in [0, 0.1) is 6.92 Å². The van der Waals surface area contributed by atoms with Crippen molar-refractivity contribution in [1.29, 1.82) is 0 Å². The Labute approximate surface area is 283 Å². The van der Waals surface area contributed by atoms with Gasteiger partial charge in [-0.25, -0.2) is 0 Å². The molecule has 0 radical (unpaired) electrons. The van der Waals surface area contributed by atoms with E-state index in [0.29, 0.717) is 11.1 Å². The maximum atomic E-state index is 11.1. The lowest BCUT2D eigenvalue weighted by Gasteiger charge is -2.29. The van der Waals surface area contributed by atoms with Gasteiger partial charge in [0, 0.05) is 11.1 Å². The van der Waals surface area contributed by atoms with Crippen molar-refractivity contribution in [3.05, 3.63) is 101 Å². The van der Waals surface area contributed by atoms with Gasteiger partial charge in [-0.3, -0.25) is 0 Å². The quantitative estimate of drug-likeness (QED) is 0.170. The average molecular weight is 650 g/mol. The number of aryl methyl sites for hydroxylation is 1. The van der Waals surface area contributed by atoms with Crippen LogP contribution in [0.2, 0.25) is 0 Å². The van der Waals surface area contributed by atoms with Crippen molar-refractivity contribution in [1.82, 2.24) is 0 Å². The molecule has 0 unspecified atom stereocenters. The van der Waals surface area contributed by atoms with Crippen molar-refractivity contribution in [3.8, 4) is 22.3 Å². The first-order valence-corrected chi connectivity index (χ1v) is 18.4. The van der Waals surface area contributed by atoms with Gasteiger partial charge < -0.3 is 0 Å². The van der Waals surface area contributed by atoms with Gasteiger partial charge in [-0.2, -0.15) is 14.7 Å². The molecule has 0 spiro atoms. The zero-order chi connectivity index (χ0) is 35.1. The molecule has 0 bridgehead atoms. The lowest BCUT2D eigenvalue weighted by molar-refractivity contribution is 0.347. The van der Waals surface area contributed by atoms with Gasteiger partial charge in [-0.05, 0) is 113 Å². The Balaban J connectivity index is 1.96. The molecule has 4 heteroatoms. The van der Waals surface area contributed by atoms with Gasteiger partial charge in [0.05, 0.1) is 0 Å². The number of hydrogen-bond acceptors (Lipinski definition) is 3. The molecule has 0 saturated heterocycles. The van der Waals surface area contributed by atoms with E-state index >= 15 is 0 Å². The van der Waals surface area contributed by atoms with E-state index in [2.05, 4.69) is 150 Å². The number of fused-ring (bicyclic) bond motifs is 2. The second-order valence-corrected chi connectivity index (χ2v) is 19.2. The molecule has 248 valence electrons. The first kappa shape index (κ1) is 35.2. The number of rotatable bonds is 3. The molecule has 0 aliphatic rings. The zero-order valence-electron chi connectivity index (χ0n) is 30.7. The Morgan fingerprint density at radius 3 is 1.26 bits per heavy atom. The average Bonchev–Trinajstić information content (AvgIpc) is 2.92. The smallest absolute Gasteiger partial charge is 0.189 e. The molecule has 47 heavy (non-hydrogen) atoms. The summed E-state index contributed by atoms with van der Waals surface area (Å²) in [5, 5.41) is 4.74. The van der Waals surface area contributed by atoms with Crippen LogP contribution in [0.15, 0.2) is 72.8 Å². The molecule has 0 amide bonds. The highest BCUT2D eigenvalue weighted by molar-refractivity contribution is 7.67. The SMILES string of the molecule is Cc1ccc(-c2cc3ccc(C(C)(C)C)cc3cc2C(C)(C)C)c(-c2cc3ccc(C(C)(C)C)cc3cc2C(C)(C)C)c1[P+](O)(O)O. The van der Waals surface area contributed by atoms with Crippen molar-refractivity contribution in [3.63, 3.8) is 0 Å². The van der Waals surface area contributed by atoms with Gasteiger partial charge in [0.15, 0.2) is 5.30 Å². The molecule has 5 rings (SSSR count). The Hall–Kier alpha value is -3.07. The lowest BCUT2D eigenvalue weighted by atomic mass is 9.75. The minimum atomic E-state index is -4.45. The molecule has 5 aromatic rings. The largest absolute Gasteiger partial charge is 0.441 e. The highest BCUT2D eigenvalue weighted by Gasteiger charge is 2.42. The van der Waals surface area contributed by atoms with Gasteiger partial charge in [-0.1, -0.05) is 132 Å². The van der Waals surface area contributed by atoms with E-state index < -0.39 is 7.94 Å². The zero-order valence-corrected chi connectivity index (χ0v) is 31.6. The first-order valence-electron chi connectivity index (χ1n) is 16.8. The molecule has 3 nitrogen and oxygen atoms in total. The van der Waals surface area contributed by atoms with Crippen LogP contribution in [0.25, 0.3) is 43.8 Å². The highest BCUT2D eigenvalue weighted by Crippen LogP contribution is 2.52. The molecule has 0 aliphatic heterocycles. The standard InChI is InChI=1S/C43H54O3P/c1-26-14-19-33(34-22-27-15-17-31(40(2,3)4)20-29(27)24-36(34)42(8,9)10)38(39(26)47(44,45)46)35-23-28-16-18-32(41(5,6)7)21-30(28)25-37(35)43(11,12)13/h14-25,44-46H,1-13H3/q+1. The highest BCUT2D eigenvalue weighted by atomic mass is 31.2. The topological polar surface area (TPSA) is 60.7 Å². The maximum absolute atomic E-state index is 11.1. The van der Waals surface area contributed by atoms with E-state index in [4.69, 9.17) is 0 Å². The van der Waals surface area contributed by atoms with Gasteiger partial charge in [0.2, 0.25) is 0 Å². The molecule has 3 N–H and O–H groups in total. The fourth-order valence-electron chi connectivity index (χ4n) is 6.78. The fourth-order valence-corrected chi connectivity index (χ4v) is 7.87. The van der Waals surface area contributed by atoms with E-state index in [1.54, 1.807) is 0 Å². The Bertz CT molecular complexity index is 2000. The Morgan fingerprint density at radius 2 is 0.851 bits per heavy atom. The van der Waals surface area contributed by atoms with E-state index in [1.165, 1.54) is 16.5 Å². The normalized spacial score (nSPS) is 13.5. The van der Waals surface area contributed by atoms with Gasteiger partial charge in [-0.15, -0.1) is 0 Å². The first-order chi connectivity index (χ1) is 21.4. The van der Waals surface area contributed by atoms with Crippen molar-refractivity contribution in [2.75, 3.05) is 0 Å². The van der Waals surface area contributed by atoms with Gasteiger partial charge >= 0.3 is 7.94 Å².